The number of benzene rings is 1. The predicted molar refractivity (Wildman–Crippen MR) is 68.7 cm³/mol. The number of nitro groups is 1. The third kappa shape index (κ3) is 2.96. The van der Waals surface area contributed by atoms with Gasteiger partial charge in [0.2, 0.25) is 5.43 Å². The van der Waals surface area contributed by atoms with Crippen molar-refractivity contribution in [3.63, 3.8) is 0 Å². The summed E-state index contributed by atoms with van der Waals surface area (Å²) in [6, 6.07) is 6.75. The first-order valence-corrected chi connectivity index (χ1v) is 5.44. The molecular weight excluding hydrogens is 250 g/mol. The summed E-state index contributed by atoms with van der Waals surface area (Å²) in [6.07, 6.45) is 1.78. The predicted octanol–water partition coefficient (Wildman–Crippen LogP) is 1.39. The van der Waals surface area contributed by atoms with Gasteiger partial charge in [-0.15, -0.1) is 0 Å². The maximum atomic E-state index is 11.4. The number of aromatic nitrogens is 1. The van der Waals surface area contributed by atoms with E-state index in [1.165, 1.54) is 42.7 Å². The Bertz CT molecular complexity index is 636. The van der Waals surface area contributed by atoms with Crippen LogP contribution in [0.25, 0.3) is 0 Å². The van der Waals surface area contributed by atoms with Crippen molar-refractivity contribution in [2.75, 3.05) is 5.32 Å². The Kier molecular flexibility index (Phi) is 3.58. The lowest BCUT2D eigenvalue weighted by Crippen LogP contribution is -2.16. The van der Waals surface area contributed by atoms with Crippen LogP contribution < -0.4 is 10.7 Å². The molecule has 0 radical (unpaired) electrons. The summed E-state index contributed by atoms with van der Waals surface area (Å²) in [6.45, 7) is 0. The number of rotatable bonds is 4. The largest absolute Gasteiger partial charge is 0.369 e. The third-order valence-corrected chi connectivity index (χ3v) is 2.54. The number of aliphatic hydroxyl groups excluding tert-OH is 1. The molecule has 0 bridgehead atoms. The van der Waals surface area contributed by atoms with E-state index < -0.39 is 11.2 Å². The van der Waals surface area contributed by atoms with Gasteiger partial charge in [0, 0.05) is 36.2 Å². The SMILES string of the molecule is O=c1cc[nH]cc1NC(O)c1ccc([N+](=O)[O-])cc1. The summed E-state index contributed by atoms with van der Waals surface area (Å²) in [7, 11) is 0. The topological polar surface area (TPSA) is 108 Å². The Morgan fingerprint density at radius 2 is 1.95 bits per heavy atom. The highest BCUT2D eigenvalue weighted by Gasteiger charge is 2.11. The van der Waals surface area contributed by atoms with E-state index >= 15 is 0 Å². The lowest BCUT2D eigenvalue weighted by Gasteiger charge is -2.13. The molecule has 7 heteroatoms. The fraction of sp³-hybridized carbons (Fsp3) is 0.0833. The number of nitrogens with one attached hydrogen (secondary N) is 2. The molecule has 0 amide bonds. The second kappa shape index (κ2) is 5.32. The van der Waals surface area contributed by atoms with Crippen LogP contribution in [0.4, 0.5) is 11.4 Å². The number of nitro benzene ring substituents is 1. The summed E-state index contributed by atoms with van der Waals surface area (Å²) >= 11 is 0. The van der Waals surface area contributed by atoms with Crippen LogP contribution >= 0.6 is 0 Å². The Labute approximate surface area is 107 Å². The maximum absolute atomic E-state index is 11.4. The fourth-order valence-electron chi connectivity index (χ4n) is 1.54. The standard InChI is InChI=1S/C12H11N3O4/c16-11-5-6-13-7-10(11)14-12(17)8-1-3-9(4-2-8)15(18)19/h1-7,12,14,17H,(H,13,16). The second-order valence-corrected chi connectivity index (χ2v) is 3.82. The number of anilines is 1. The first-order chi connectivity index (χ1) is 9.08. The number of nitrogens with zero attached hydrogens (tertiary/aromatic N) is 1. The lowest BCUT2D eigenvalue weighted by molar-refractivity contribution is -0.384. The quantitative estimate of drug-likeness (QED) is 0.438. The van der Waals surface area contributed by atoms with Crippen molar-refractivity contribution >= 4 is 11.4 Å². The molecule has 0 saturated carbocycles. The second-order valence-electron chi connectivity index (χ2n) is 3.82. The van der Waals surface area contributed by atoms with Crippen LogP contribution in [-0.2, 0) is 0 Å². The molecule has 0 spiro atoms. The average Bonchev–Trinajstić information content (AvgIpc) is 2.41. The molecule has 0 aliphatic heterocycles. The Morgan fingerprint density at radius 3 is 2.53 bits per heavy atom. The van der Waals surface area contributed by atoms with Gasteiger partial charge in [0.1, 0.15) is 5.69 Å². The summed E-state index contributed by atoms with van der Waals surface area (Å²) in [5, 5.41) is 23.0. The molecule has 0 aliphatic rings. The van der Waals surface area contributed by atoms with Crippen molar-refractivity contribution in [3.8, 4) is 0 Å². The molecule has 2 aromatic rings. The summed E-state index contributed by atoms with van der Waals surface area (Å²) in [5.74, 6) is 0. The van der Waals surface area contributed by atoms with Crippen molar-refractivity contribution in [1.29, 1.82) is 0 Å². The Hall–Kier alpha value is -2.67. The van der Waals surface area contributed by atoms with Crippen molar-refractivity contribution in [2.24, 2.45) is 0 Å². The van der Waals surface area contributed by atoms with Crippen LogP contribution in [0.5, 0.6) is 0 Å². The molecule has 1 unspecified atom stereocenters. The van der Waals surface area contributed by atoms with Crippen LogP contribution in [0, 0.1) is 10.1 Å². The zero-order valence-corrected chi connectivity index (χ0v) is 9.74. The van der Waals surface area contributed by atoms with Gasteiger partial charge < -0.3 is 15.4 Å². The molecule has 0 fully saturated rings. The van der Waals surface area contributed by atoms with Gasteiger partial charge in [-0.05, 0) is 12.1 Å². The van der Waals surface area contributed by atoms with Gasteiger partial charge >= 0.3 is 0 Å². The highest BCUT2D eigenvalue weighted by atomic mass is 16.6. The molecule has 1 heterocycles. The molecular formula is C12H11N3O4. The number of hydrogen-bond acceptors (Lipinski definition) is 5. The number of hydrogen-bond donors (Lipinski definition) is 3. The van der Waals surface area contributed by atoms with Gasteiger partial charge in [-0.3, -0.25) is 14.9 Å². The number of pyridine rings is 1. The van der Waals surface area contributed by atoms with E-state index in [9.17, 15) is 20.0 Å². The van der Waals surface area contributed by atoms with Crippen molar-refractivity contribution < 1.29 is 10.0 Å². The third-order valence-electron chi connectivity index (χ3n) is 2.54. The van der Waals surface area contributed by atoms with Gasteiger partial charge in [0.25, 0.3) is 5.69 Å². The molecule has 0 saturated heterocycles. The molecule has 1 aromatic carbocycles. The van der Waals surface area contributed by atoms with Gasteiger partial charge in [0.15, 0.2) is 6.23 Å². The zero-order chi connectivity index (χ0) is 13.8. The molecule has 1 aromatic heterocycles. The van der Waals surface area contributed by atoms with Crippen LogP contribution in [0.2, 0.25) is 0 Å². The van der Waals surface area contributed by atoms with Gasteiger partial charge in [-0.25, -0.2) is 0 Å². The van der Waals surface area contributed by atoms with Gasteiger partial charge in [-0.1, -0.05) is 0 Å². The number of aromatic amines is 1. The maximum Gasteiger partial charge on any atom is 0.269 e. The van der Waals surface area contributed by atoms with E-state index in [1.807, 2.05) is 0 Å². The van der Waals surface area contributed by atoms with Crippen LogP contribution in [0.3, 0.4) is 0 Å². The molecule has 7 nitrogen and oxygen atoms in total. The van der Waals surface area contributed by atoms with Crippen molar-refractivity contribution in [2.45, 2.75) is 6.23 Å². The summed E-state index contributed by atoms with van der Waals surface area (Å²) in [5.41, 5.74) is 0.315. The Balaban J connectivity index is 2.16. The minimum absolute atomic E-state index is 0.0616. The number of H-pyrrole nitrogens is 1. The van der Waals surface area contributed by atoms with E-state index in [2.05, 4.69) is 10.3 Å². The zero-order valence-electron chi connectivity index (χ0n) is 9.74. The number of non-ortho nitro benzene ring substituents is 1. The van der Waals surface area contributed by atoms with Crippen LogP contribution in [-0.4, -0.2) is 15.0 Å². The normalized spacial score (nSPS) is 11.8. The van der Waals surface area contributed by atoms with E-state index in [1.54, 1.807) is 0 Å². The van der Waals surface area contributed by atoms with Gasteiger partial charge in [0.05, 0.1) is 4.92 Å². The van der Waals surface area contributed by atoms with E-state index in [4.69, 9.17) is 0 Å². The summed E-state index contributed by atoms with van der Waals surface area (Å²) < 4.78 is 0. The minimum Gasteiger partial charge on any atom is -0.369 e. The molecule has 98 valence electrons. The monoisotopic (exact) mass is 261 g/mol. The molecule has 1 atom stereocenters. The smallest absolute Gasteiger partial charge is 0.269 e. The van der Waals surface area contributed by atoms with Gasteiger partial charge in [-0.2, -0.15) is 0 Å². The molecule has 2 rings (SSSR count). The highest BCUT2D eigenvalue weighted by Crippen LogP contribution is 2.18. The molecule has 0 aliphatic carbocycles. The first-order valence-electron chi connectivity index (χ1n) is 5.44. The fourth-order valence-corrected chi connectivity index (χ4v) is 1.54. The van der Waals surface area contributed by atoms with E-state index in [0.717, 1.165) is 0 Å². The molecule has 19 heavy (non-hydrogen) atoms. The highest BCUT2D eigenvalue weighted by molar-refractivity contribution is 5.43. The summed E-state index contributed by atoms with van der Waals surface area (Å²) in [4.78, 5) is 24.1. The average molecular weight is 261 g/mol. The van der Waals surface area contributed by atoms with Crippen molar-refractivity contribution in [1.82, 2.24) is 4.98 Å². The van der Waals surface area contributed by atoms with Crippen LogP contribution in [0.1, 0.15) is 11.8 Å². The van der Waals surface area contributed by atoms with Crippen LogP contribution in [0.15, 0.2) is 47.5 Å². The minimum atomic E-state index is -1.12. The van der Waals surface area contributed by atoms with E-state index in [-0.39, 0.29) is 16.8 Å². The van der Waals surface area contributed by atoms with Crippen molar-refractivity contribution in [3.05, 3.63) is 68.6 Å². The molecule has 3 N–H and O–H groups in total. The van der Waals surface area contributed by atoms with E-state index in [0.29, 0.717) is 5.56 Å². The first kappa shape index (κ1) is 12.8. The lowest BCUT2D eigenvalue weighted by atomic mass is 10.2. The number of aliphatic hydroxyl groups is 1. The Morgan fingerprint density at radius 1 is 1.26 bits per heavy atom.